The summed E-state index contributed by atoms with van der Waals surface area (Å²) in [5.74, 6) is -2.11. The fourth-order valence-corrected chi connectivity index (χ4v) is 4.24. The summed E-state index contributed by atoms with van der Waals surface area (Å²) in [5, 5.41) is 5.39. The summed E-state index contributed by atoms with van der Waals surface area (Å²) in [6.45, 7) is 0.852. The van der Waals surface area contributed by atoms with E-state index < -0.39 is 42.2 Å². The van der Waals surface area contributed by atoms with Crippen molar-refractivity contribution in [3.8, 4) is 5.75 Å². The monoisotopic (exact) mass is 498 g/mol. The summed E-state index contributed by atoms with van der Waals surface area (Å²) in [6.07, 6.45) is -0.800. The lowest BCUT2D eigenvalue weighted by Crippen LogP contribution is -2.47. The second-order valence-electron chi connectivity index (χ2n) is 8.57. The van der Waals surface area contributed by atoms with Crippen molar-refractivity contribution < 1.29 is 28.7 Å². The first-order valence-electron chi connectivity index (χ1n) is 11.5. The third-order valence-electron chi connectivity index (χ3n) is 5.99. The van der Waals surface area contributed by atoms with Gasteiger partial charge in [0.15, 0.2) is 6.10 Å². The number of imide groups is 1. The number of benzene rings is 3. The zero-order chi connectivity index (χ0) is 26.1. The summed E-state index contributed by atoms with van der Waals surface area (Å²) in [5.41, 5.74) is 1.71. The quantitative estimate of drug-likeness (QED) is 0.504. The molecular weight excluding hydrogens is 476 g/mol. The van der Waals surface area contributed by atoms with Crippen LogP contribution in [0.4, 0.5) is 17.1 Å². The fraction of sp³-hybridized carbons (Fsp3) is 0.148. The van der Waals surface area contributed by atoms with E-state index in [1.807, 2.05) is 6.07 Å². The Morgan fingerprint density at radius 1 is 0.757 bits per heavy atom. The number of rotatable bonds is 6. The highest BCUT2D eigenvalue weighted by molar-refractivity contribution is 6.22. The van der Waals surface area contributed by atoms with Crippen molar-refractivity contribution in [2.24, 2.45) is 0 Å². The minimum Gasteiger partial charge on any atom is -0.479 e. The molecule has 37 heavy (non-hydrogen) atoms. The molecule has 5 rings (SSSR count). The number of nitrogens with zero attached hydrogens (tertiary/aromatic N) is 2. The summed E-state index contributed by atoms with van der Waals surface area (Å²) < 4.78 is 5.67. The summed E-state index contributed by atoms with van der Waals surface area (Å²) >= 11 is 0. The van der Waals surface area contributed by atoms with Gasteiger partial charge in [0, 0.05) is 11.4 Å². The van der Waals surface area contributed by atoms with Gasteiger partial charge in [0.05, 0.1) is 16.8 Å². The smallest absolute Gasteiger partial charge is 0.268 e. The minimum absolute atomic E-state index is 0.253. The first kappa shape index (κ1) is 23.7. The van der Waals surface area contributed by atoms with E-state index in [1.165, 1.54) is 23.1 Å². The van der Waals surface area contributed by atoms with Crippen LogP contribution in [0.25, 0.3) is 0 Å². The lowest BCUT2D eigenvalue weighted by molar-refractivity contribution is -0.127. The van der Waals surface area contributed by atoms with Crippen molar-refractivity contribution in [1.29, 1.82) is 0 Å². The largest absolute Gasteiger partial charge is 0.479 e. The van der Waals surface area contributed by atoms with Crippen LogP contribution in [0.3, 0.4) is 0 Å². The Kier molecular flexibility index (Phi) is 6.14. The second kappa shape index (κ2) is 9.57. The van der Waals surface area contributed by atoms with Gasteiger partial charge in [-0.05, 0) is 49.4 Å². The van der Waals surface area contributed by atoms with Crippen LogP contribution in [0.2, 0.25) is 0 Å². The number of para-hydroxylation sites is 1. The maximum Gasteiger partial charge on any atom is 0.268 e. The van der Waals surface area contributed by atoms with Crippen molar-refractivity contribution in [1.82, 2.24) is 4.90 Å². The van der Waals surface area contributed by atoms with Crippen molar-refractivity contribution in [2.75, 3.05) is 28.6 Å². The molecule has 2 heterocycles. The molecule has 0 bridgehead atoms. The molecule has 0 saturated carbocycles. The molecule has 186 valence electrons. The molecule has 1 atom stereocenters. The van der Waals surface area contributed by atoms with E-state index in [-0.39, 0.29) is 17.7 Å². The number of hydrogen-bond donors (Lipinski definition) is 2. The van der Waals surface area contributed by atoms with Gasteiger partial charge in [-0.15, -0.1) is 0 Å². The van der Waals surface area contributed by atoms with Gasteiger partial charge in [-0.25, -0.2) is 0 Å². The highest BCUT2D eigenvalue weighted by atomic mass is 16.5. The van der Waals surface area contributed by atoms with E-state index in [0.717, 1.165) is 4.90 Å². The Hall–Kier alpha value is -4.99. The first-order chi connectivity index (χ1) is 17.8. The highest BCUT2D eigenvalue weighted by Crippen LogP contribution is 2.36. The molecule has 3 aromatic rings. The van der Waals surface area contributed by atoms with E-state index in [4.69, 9.17) is 4.74 Å². The predicted octanol–water partition coefficient (Wildman–Crippen LogP) is 2.67. The first-order valence-corrected chi connectivity index (χ1v) is 11.5. The molecular formula is C27H22N4O6. The number of hydrogen-bond acceptors (Lipinski definition) is 6. The van der Waals surface area contributed by atoms with Crippen LogP contribution >= 0.6 is 0 Å². The number of carbonyl (C=O) groups is 5. The molecule has 2 aliphatic heterocycles. The second-order valence-corrected chi connectivity index (χ2v) is 8.57. The van der Waals surface area contributed by atoms with Gasteiger partial charge in [0.1, 0.15) is 18.8 Å². The molecule has 0 aromatic heterocycles. The average molecular weight is 498 g/mol. The SMILES string of the molecule is CC1Oc2ccc(NC(=O)CN3C(=O)c4ccccc4C3=O)cc2N(CC(=O)Nc2ccccc2)C1=O. The van der Waals surface area contributed by atoms with E-state index in [2.05, 4.69) is 10.6 Å². The van der Waals surface area contributed by atoms with Crippen LogP contribution < -0.4 is 20.3 Å². The normalized spacial score (nSPS) is 16.1. The van der Waals surface area contributed by atoms with Crippen LogP contribution in [-0.4, -0.2) is 53.6 Å². The van der Waals surface area contributed by atoms with Gasteiger partial charge < -0.3 is 15.4 Å². The Bertz CT molecular complexity index is 1400. The average Bonchev–Trinajstić information content (AvgIpc) is 3.12. The van der Waals surface area contributed by atoms with Crippen LogP contribution in [0.15, 0.2) is 72.8 Å². The number of amides is 5. The van der Waals surface area contributed by atoms with Crippen LogP contribution in [0, 0.1) is 0 Å². The standard InChI is InChI=1S/C27H22N4O6/c1-16-25(34)30(14-23(32)28-17-7-3-2-4-8-17)21-13-18(11-12-22(21)37-16)29-24(33)15-31-26(35)19-9-5-6-10-20(19)27(31)36/h2-13,16H,14-15H2,1H3,(H,28,32)(H,29,33). The number of carbonyl (C=O) groups excluding carboxylic acids is 5. The van der Waals surface area contributed by atoms with E-state index in [1.54, 1.807) is 55.5 Å². The molecule has 2 N–H and O–H groups in total. The van der Waals surface area contributed by atoms with Crippen molar-refractivity contribution in [3.63, 3.8) is 0 Å². The maximum atomic E-state index is 12.9. The molecule has 3 aromatic carbocycles. The lowest BCUT2D eigenvalue weighted by atomic mass is 10.1. The molecule has 10 heteroatoms. The van der Waals surface area contributed by atoms with E-state index in [9.17, 15) is 24.0 Å². The maximum absolute atomic E-state index is 12.9. The van der Waals surface area contributed by atoms with Crippen LogP contribution in [-0.2, 0) is 14.4 Å². The fourth-order valence-electron chi connectivity index (χ4n) is 4.24. The van der Waals surface area contributed by atoms with Crippen molar-refractivity contribution >= 4 is 46.6 Å². The van der Waals surface area contributed by atoms with Gasteiger partial charge in [-0.1, -0.05) is 30.3 Å². The number of fused-ring (bicyclic) bond motifs is 2. The Labute approximate surface area is 211 Å². The van der Waals surface area contributed by atoms with Crippen molar-refractivity contribution in [3.05, 3.63) is 83.9 Å². The van der Waals surface area contributed by atoms with Crippen LogP contribution in [0.1, 0.15) is 27.6 Å². The van der Waals surface area contributed by atoms with Gasteiger partial charge in [0.2, 0.25) is 11.8 Å². The predicted molar refractivity (Wildman–Crippen MR) is 134 cm³/mol. The van der Waals surface area contributed by atoms with Gasteiger partial charge >= 0.3 is 0 Å². The van der Waals surface area contributed by atoms with E-state index >= 15 is 0 Å². The molecule has 1 unspecified atom stereocenters. The third-order valence-corrected chi connectivity index (χ3v) is 5.99. The third kappa shape index (κ3) is 4.64. The zero-order valence-corrected chi connectivity index (χ0v) is 19.8. The number of nitrogens with one attached hydrogen (secondary N) is 2. The highest BCUT2D eigenvalue weighted by Gasteiger charge is 2.37. The van der Waals surface area contributed by atoms with E-state index in [0.29, 0.717) is 22.8 Å². The Balaban J connectivity index is 1.31. The molecule has 5 amide bonds. The molecule has 10 nitrogen and oxygen atoms in total. The summed E-state index contributed by atoms with van der Waals surface area (Å²) in [4.78, 5) is 65.6. The van der Waals surface area contributed by atoms with Gasteiger partial charge in [-0.3, -0.25) is 33.8 Å². The topological polar surface area (TPSA) is 125 Å². The molecule has 0 aliphatic carbocycles. The molecule has 0 fully saturated rings. The van der Waals surface area contributed by atoms with Gasteiger partial charge in [-0.2, -0.15) is 0 Å². The zero-order valence-electron chi connectivity index (χ0n) is 19.8. The lowest BCUT2D eigenvalue weighted by Gasteiger charge is -2.33. The summed E-state index contributed by atoms with van der Waals surface area (Å²) in [6, 6.07) is 19.9. The van der Waals surface area contributed by atoms with Crippen LogP contribution in [0.5, 0.6) is 5.75 Å². The number of ether oxygens (including phenoxy) is 1. The molecule has 0 spiro atoms. The molecule has 2 aliphatic rings. The summed E-state index contributed by atoms with van der Waals surface area (Å²) in [7, 11) is 0. The Morgan fingerprint density at radius 3 is 1.97 bits per heavy atom. The van der Waals surface area contributed by atoms with Gasteiger partial charge in [0.25, 0.3) is 17.7 Å². The molecule has 0 radical (unpaired) electrons. The molecule has 0 saturated heterocycles. The number of anilines is 3. The Morgan fingerprint density at radius 2 is 1.32 bits per heavy atom. The van der Waals surface area contributed by atoms with Crippen molar-refractivity contribution in [2.45, 2.75) is 13.0 Å². The minimum atomic E-state index is -0.800.